The molecule has 0 bridgehead atoms. The average molecular weight is 272 g/mol. The van der Waals surface area contributed by atoms with Gasteiger partial charge in [0.25, 0.3) is 0 Å². The third-order valence-corrected chi connectivity index (χ3v) is 3.33. The molecule has 19 heavy (non-hydrogen) atoms. The maximum absolute atomic E-state index is 11.0. The van der Waals surface area contributed by atoms with E-state index in [2.05, 4.69) is 17.1 Å². The Morgan fingerprint density at radius 1 is 1.32 bits per heavy atom. The van der Waals surface area contributed by atoms with E-state index in [0.29, 0.717) is 19.3 Å². The lowest BCUT2D eigenvalue weighted by Crippen LogP contribution is -2.43. The van der Waals surface area contributed by atoms with Crippen molar-refractivity contribution >= 4 is 5.97 Å². The van der Waals surface area contributed by atoms with Gasteiger partial charge >= 0.3 is 5.97 Å². The third-order valence-electron chi connectivity index (χ3n) is 3.33. The van der Waals surface area contributed by atoms with E-state index in [4.69, 9.17) is 9.47 Å². The van der Waals surface area contributed by atoms with Gasteiger partial charge in [0.1, 0.15) is 6.61 Å². The van der Waals surface area contributed by atoms with Crippen molar-refractivity contribution in [3.8, 4) is 0 Å². The topological polar surface area (TPSA) is 50.8 Å². The summed E-state index contributed by atoms with van der Waals surface area (Å²) in [6, 6.07) is 0.597. The zero-order chi connectivity index (χ0) is 13.9. The molecule has 0 atom stereocenters. The van der Waals surface area contributed by atoms with E-state index in [-0.39, 0.29) is 12.6 Å². The molecule has 1 N–H and O–H groups in total. The number of nitrogens with one attached hydrogen (secondary N) is 1. The second-order valence-electron chi connectivity index (χ2n) is 4.93. The van der Waals surface area contributed by atoms with Gasteiger partial charge in [-0.2, -0.15) is 0 Å². The summed E-state index contributed by atoms with van der Waals surface area (Å²) in [6.07, 6.45) is 3.65. The van der Waals surface area contributed by atoms with Gasteiger partial charge in [-0.25, -0.2) is 4.79 Å². The predicted molar refractivity (Wildman–Crippen MR) is 75.2 cm³/mol. The molecule has 1 aliphatic rings. The molecule has 1 aliphatic heterocycles. The van der Waals surface area contributed by atoms with Crippen LogP contribution in [0.5, 0.6) is 0 Å². The van der Waals surface area contributed by atoms with Crippen LogP contribution < -0.4 is 5.32 Å². The standard InChI is InChI=1S/C14H28N2O3/c1-3-8-16-9-5-13(6-10-16)15-7-11-18-12-14(17)19-4-2/h13,15H,3-12H2,1-2H3. The molecule has 0 amide bonds. The minimum atomic E-state index is -0.282. The molecule has 0 radical (unpaired) electrons. The quantitative estimate of drug-likeness (QED) is 0.502. The summed E-state index contributed by atoms with van der Waals surface area (Å²) in [5, 5.41) is 3.49. The van der Waals surface area contributed by atoms with Gasteiger partial charge in [0, 0.05) is 12.6 Å². The van der Waals surface area contributed by atoms with Crippen molar-refractivity contribution in [3.63, 3.8) is 0 Å². The molecule has 0 spiro atoms. The largest absolute Gasteiger partial charge is 0.464 e. The van der Waals surface area contributed by atoms with Crippen LogP contribution in [0.15, 0.2) is 0 Å². The Kier molecular flexibility index (Phi) is 8.79. The number of likely N-dealkylation sites (tertiary alicyclic amines) is 1. The van der Waals surface area contributed by atoms with E-state index in [1.807, 2.05) is 0 Å². The zero-order valence-electron chi connectivity index (χ0n) is 12.3. The van der Waals surface area contributed by atoms with Crippen LogP contribution in [0.25, 0.3) is 0 Å². The summed E-state index contributed by atoms with van der Waals surface area (Å²) in [5.41, 5.74) is 0. The number of carbonyl (C=O) groups is 1. The van der Waals surface area contributed by atoms with Crippen molar-refractivity contribution in [1.29, 1.82) is 0 Å². The van der Waals surface area contributed by atoms with Crippen LogP contribution in [-0.2, 0) is 14.3 Å². The molecule has 0 aromatic heterocycles. The SMILES string of the molecule is CCCN1CCC(NCCOCC(=O)OCC)CC1. The number of rotatable bonds is 9. The van der Waals surface area contributed by atoms with Crippen LogP contribution in [0, 0.1) is 0 Å². The minimum Gasteiger partial charge on any atom is -0.464 e. The Morgan fingerprint density at radius 2 is 2.05 bits per heavy atom. The lowest BCUT2D eigenvalue weighted by Gasteiger charge is -2.32. The molecule has 0 unspecified atom stereocenters. The predicted octanol–water partition coefficient (Wildman–Crippen LogP) is 1.03. The Balaban J connectivity index is 1.95. The van der Waals surface area contributed by atoms with Crippen LogP contribution >= 0.6 is 0 Å². The van der Waals surface area contributed by atoms with Crippen LogP contribution in [0.3, 0.4) is 0 Å². The fourth-order valence-corrected chi connectivity index (χ4v) is 2.37. The molecule has 5 heteroatoms. The van der Waals surface area contributed by atoms with Gasteiger partial charge in [-0.1, -0.05) is 6.92 Å². The normalized spacial score (nSPS) is 17.6. The second kappa shape index (κ2) is 10.2. The third kappa shape index (κ3) is 7.50. The average Bonchev–Trinajstić information content (AvgIpc) is 2.41. The van der Waals surface area contributed by atoms with Gasteiger partial charge in [-0.05, 0) is 45.8 Å². The van der Waals surface area contributed by atoms with E-state index >= 15 is 0 Å². The van der Waals surface area contributed by atoms with Crippen molar-refractivity contribution in [1.82, 2.24) is 10.2 Å². The minimum absolute atomic E-state index is 0.0600. The van der Waals surface area contributed by atoms with Crippen molar-refractivity contribution in [2.24, 2.45) is 0 Å². The number of ether oxygens (including phenoxy) is 2. The fourth-order valence-electron chi connectivity index (χ4n) is 2.37. The van der Waals surface area contributed by atoms with Gasteiger partial charge in [0.15, 0.2) is 0 Å². The molecule has 1 heterocycles. The summed E-state index contributed by atoms with van der Waals surface area (Å²) in [5.74, 6) is -0.282. The molecule has 0 aromatic rings. The van der Waals surface area contributed by atoms with Crippen molar-refractivity contribution < 1.29 is 14.3 Å². The maximum Gasteiger partial charge on any atom is 0.332 e. The Morgan fingerprint density at radius 3 is 2.68 bits per heavy atom. The number of carbonyl (C=O) groups excluding carboxylic acids is 1. The first-order chi connectivity index (χ1) is 9.26. The van der Waals surface area contributed by atoms with Gasteiger partial charge in [0.2, 0.25) is 0 Å². The Bertz CT molecular complexity index is 241. The van der Waals surface area contributed by atoms with Crippen LogP contribution in [0.2, 0.25) is 0 Å². The summed E-state index contributed by atoms with van der Waals surface area (Å²) in [7, 11) is 0. The van der Waals surface area contributed by atoms with E-state index in [0.717, 1.165) is 6.54 Å². The van der Waals surface area contributed by atoms with E-state index in [1.54, 1.807) is 6.92 Å². The fraction of sp³-hybridized carbons (Fsp3) is 0.929. The van der Waals surface area contributed by atoms with Crippen molar-refractivity contribution in [2.75, 3.05) is 46.0 Å². The second-order valence-corrected chi connectivity index (χ2v) is 4.93. The Hall–Kier alpha value is -0.650. The first-order valence-electron chi connectivity index (χ1n) is 7.45. The lowest BCUT2D eigenvalue weighted by molar-refractivity contribution is -0.148. The highest BCUT2D eigenvalue weighted by molar-refractivity contribution is 5.70. The lowest BCUT2D eigenvalue weighted by atomic mass is 10.1. The van der Waals surface area contributed by atoms with Crippen LogP contribution in [0.4, 0.5) is 0 Å². The molecule has 1 rings (SSSR count). The number of hydrogen-bond donors (Lipinski definition) is 1. The first kappa shape index (κ1) is 16.4. The summed E-state index contributed by atoms with van der Waals surface area (Å²) >= 11 is 0. The molecule has 0 saturated carbocycles. The molecule has 112 valence electrons. The Labute approximate surface area is 116 Å². The molecular formula is C14H28N2O3. The summed E-state index contributed by atoms with van der Waals surface area (Å²) in [4.78, 5) is 13.6. The van der Waals surface area contributed by atoms with Gasteiger partial charge < -0.3 is 19.7 Å². The highest BCUT2D eigenvalue weighted by Crippen LogP contribution is 2.10. The van der Waals surface area contributed by atoms with E-state index in [1.165, 1.54) is 38.9 Å². The van der Waals surface area contributed by atoms with Crippen LogP contribution in [0.1, 0.15) is 33.1 Å². The number of nitrogens with zero attached hydrogens (tertiary/aromatic N) is 1. The van der Waals surface area contributed by atoms with E-state index < -0.39 is 0 Å². The molecule has 5 nitrogen and oxygen atoms in total. The van der Waals surface area contributed by atoms with Crippen molar-refractivity contribution in [3.05, 3.63) is 0 Å². The molecule has 0 aliphatic carbocycles. The monoisotopic (exact) mass is 272 g/mol. The smallest absolute Gasteiger partial charge is 0.332 e. The summed E-state index contributed by atoms with van der Waals surface area (Å²) in [6.45, 7) is 9.46. The highest BCUT2D eigenvalue weighted by Gasteiger charge is 2.17. The number of piperidine rings is 1. The molecule has 1 fully saturated rings. The molecule has 0 aromatic carbocycles. The number of esters is 1. The zero-order valence-corrected chi connectivity index (χ0v) is 12.3. The van der Waals surface area contributed by atoms with Gasteiger partial charge in [-0.3, -0.25) is 0 Å². The maximum atomic E-state index is 11.0. The van der Waals surface area contributed by atoms with E-state index in [9.17, 15) is 4.79 Å². The van der Waals surface area contributed by atoms with Crippen LogP contribution in [-0.4, -0.2) is 62.9 Å². The number of hydrogen-bond acceptors (Lipinski definition) is 5. The molecular weight excluding hydrogens is 244 g/mol. The summed E-state index contributed by atoms with van der Waals surface area (Å²) < 4.78 is 10.0. The highest BCUT2D eigenvalue weighted by atomic mass is 16.6. The van der Waals surface area contributed by atoms with Gasteiger partial charge in [0.05, 0.1) is 13.2 Å². The molecule has 1 saturated heterocycles. The van der Waals surface area contributed by atoms with Crippen molar-refractivity contribution in [2.45, 2.75) is 39.2 Å². The van der Waals surface area contributed by atoms with Gasteiger partial charge in [-0.15, -0.1) is 0 Å². The first-order valence-corrected chi connectivity index (χ1v) is 7.45.